The highest BCUT2D eigenvalue weighted by atomic mass is 16.3. The van der Waals surface area contributed by atoms with E-state index >= 15 is 0 Å². The van der Waals surface area contributed by atoms with E-state index in [1.54, 1.807) is 24.3 Å². The maximum Gasteiger partial charge on any atom is 0.118 e. The molecule has 0 aromatic heterocycles. The first-order valence-electron chi connectivity index (χ1n) is 10.3. The number of phenolic OH excluding ortho intramolecular Hbond substituents is 3. The summed E-state index contributed by atoms with van der Waals surface area (Å²) in [4.78, 5) is 0. The zero-order valence-corrected chi connectivity index (χ0v) is 17.0. The lowest BCUT2D eigenvalue weighted by molar-refractivity contribution is 0.350. The lowest BCUT2D eigenvalue weighted by atomic mass is 9.68. The van der Waals surface area contributed by atoms with Crippen LogP contribution >= 0.6 is 0 Å². The number of hydrogen-bond acceptors (Lipinski definition) is 3. The molecule has 1 fully saturated rings. The summed E-state index contributed by atoms with van der Waals surface area (Å²) in [7, 11) is 0. The summed E-state index contributed by atoms with van der Waals surface area (Å²) in [5, 5.41) is 29.6. The van der Waals surface area contributed by atoms with Gasteiger partial charge in [-0.1, -0.05) is 36.4 Å². The number of aryl methyl sites for hydroxylation is 2. The first-order valence-corrected chi connectivity index (χ1v) is 10.3. The lowest BCUT2D eigenvalue weighted by Gasteiger charge is -2.36. The van der Waals surface area contributed by atoms with Gasteiger partial charge in [0, 0.05) is 0 Å². The van der Waals surface area contributed by atoms with E-state index in [-0.39, 0.29) is 0 Å². The average Bonchev–Trinajstić information content (AvgIpc) is 2.72. The highest BCUT2D eigenvalue weighted by Gasteiger charge is 2.32. The topological polar surface area (TPSA) is 60.7 Å². The predicted molar refractivity (Wildman–Crippen MR) is 116 cm³/mol. The Morgan fingerprint density at radius 1 is 0.552 bits per heavy atom. The van der Waals surface area contributed by atoms with Gasteiger partial charge in [-0.15, -0.1) is 0 Å². The van der Waals surface area contributed by atoms with Gasteiger partial charge in [0.05, 0.1) is 0 Å². The molecule has 0 heterocycles. The summed E-state index contributed by atoms with van der Waals surface area (Å²) in [6.07, 6.45) is 3.13. The van der Waals surface area contributed by atoms with Gasteiger partial charge in [-0.05, 0) is 103 Å². The quantitative estimate of drug-likeness (QED) is 0.496. The Morgan fingerprint density at radius 2 is 0.931 bits per heavy atom. The van der Waals surface area contributed by atoms with Crippen LogP contribution in [0.5, 0.6) is 17.2 Å². The van der Waals surface area contributed by atoms with E-state index < -0.39 is 0 Å². The molecule has 3 aromatic rings. The number of benzene rings is 3. The minimum Gasteiger partial charge on any atom is -0.508 e. The smallest absolute Gasteiger partial charge is 0.118 e. The first kappa shape index (κ1) is 19.4. The minimum atomic E-state index is 0.293. The highest BCUT2D eigenvalue weighted by Crippen LogP contribution is 2.48. The van der Waals surface area contributed by atoms with Crippen LogP contribution in [-0.4, -0.2) is 15.3 Å². The monoisotopic (exact) mass is 388 g/mol. The molecular weight excluding hydrogens is 360 g/mol. The molecule has 1 aliphatic carbocycles. The first-order chi connectivity index (χ1) is 13.9. The van der Waals surface area contributed by atoms with Crippen molar-refractivity contribution >= 4 is 0 Å². The number of rotatable bonds is 3. The molecule has 0 bridgehead atoms. The van der Waals surface area contributed by atoms with E-state index in [2.05, 4.69) is 12.1 Å². The Kier molecular flexibility index (Phi) is 5.23. The van der Waals surface area contributed by atoms with Crippen molar-refractivity contribution < 1.29 is 15.3 Å². The van der Waals surface area contributed by atoms with E-state index in [0.717, 1.165) is 30.4 Å². The van der Waals surface area contributed by atoms with Crippen LogP contribution in [0.25, 0.3) is 0 Å². The van der Waals surface area contributed by atoms with Gasteiger partial charge in [0.25, 0.3) is 0 Å². The molecule has 0 amide bonds. The van der Waals surface area contributed by atoms with Crippen molar-refractivity contribution in [2.24, 2.45) is 0 Å². The van der Waals surface area contributed by atoms with Crippen molar-refractivity contribution in [1.82, 2.24) is 0 Å². The third kappa shape index (κ3) is 4.09. The van der Waals surface area contributed by atoms with Gasteiger partial charge in [-0.25, -0.2) is 0 Å². The largest absolute Gasteiger partial charge is 0.508 e. The molecule has 3 aromatic carbocycles. The molecule has 3 nitrogen and oxygen atoms in total. The van der Waals surface area contributed by atoms with Crippen LogP contribution in [0.1, 0.15) is 64.8 Å². The summed E-state index contributed by atoms with van der Waals surface area (Å²) in [5.74, 6) is 2.14. The fraction of sp³-hybridized carbons (Fsp3) is 0.308. The maximum absolute atomic E-state index is 9.94. The third-order valence-electron chi connectivity index (χ3n) is 6.46. The summed E-state index contributed by atoms with van der Waals surface area (Å²) >= 11 is 0. The normalized spacial score (nSPS) is 21.8. The van der Waals surface area contributed by atoms with Crippen LogP contribution in [0.2, 0.25) is 0 Å². The minimum absolute atomic E-state index is 0.293. The molecule has 3 N–H and O–H groups in total. The second-order valence-electron chi connectivity index (χ2n) is 8.48. The fourth-order valence-corrected chi connectivity index (χ4v) is 4.75. The molecular formula is C26H28O3. The zero-order chi connectivity index (χ0) is 20.5. The van der Waals surface area contributed by atoms with Crippen LogP contribution in [0.4, 0.5) is 0 Å². The Bertz CT molecular complexity index is 947. The Balaban J connectivity index is 1.70. The van der Waals surface area contributed by atoms with Crippen molar-refractivity contribution in [3.8, 4) is 17.2 Å². The Hall–Kier alpha value is -2.94. The molecule has 0 spiro atoms. The summed E-state index contributed by atoms with van der Waals surface area (Å²) < 4.78 is 0. The van der Waals surface area contributed by atoms with Gasteiger partial charge < -0.3 is 15.3 Å². The van der Waals surface area contributed by atoms with E-state index in [0.29, 0.717) is 35.0 Å². The molecule has 2 atom stereocenters. The van der Waals surface area contributed by atoms with Gasteiger partial charge in [0.2, 0.25) is 0 Å². The van der Waals surface area contributed by atoms with Gasteiger partial charge in [-0.3, -0.25) is 0 Å². The predicted octanol–water partition coefficient (Wildman–Crippen LogP) is 6.26. The zero-order valence-electron chi connectivity index (χ0n) is 17.0. The van der Waals surface area contributed by atoms with Gasteiger partial charge in [0.1, 0.15) is 17.2 Å². The van der Waals surface area contributed by atoms with E-state index in [9.17, 15) is 15.3 Å². The Morgan fingerprint density at radius 3 is 1.34 bits per heavy atom. The number of aromatic hydroxyl groups is 3. The lowest BCUT2D eigenvalue weighted by Crippen LogP contribution is -2.20. The molecule has 0 aliphatic heterocycles. The molecule has 1 saturated carbocycles. The second-order valence-corrected chi connectivity index (χ2v) is 8.48. The second kappa shape index (κ2) is 7.82. The van der Waals surface area contributed by atoms with Crippen molar-refractivity contribution in [2.45, 2.75) is 50.9 Å². The Labute approximate surface area is 172 Å². The van der Waals surface area contributed by atoms with Crippen molar-refractivity contribution in [3.05, 3.63) is 88.5 Å². The van der Waals surface area contributed by atoms with E-state index in [1.165, 1.54) is 16.7 Å². The van der Waals surface area contributed by atoms with Crippen molar-refractivity contribution in [1.29, 1.82) is 0 Å². The average molecular weight is 389 g/mol. The highest BCUT2D eigenvalue weighted by molar-refractivity contribution is 5.40. The maximum atomic E-state index is 9.94. The van der Waals surface area contributed by atoms with Crippen LogP contribution in [0.3, 0.4) is 0 Å². The van der Waals surface area contributed by atoms with Crippen LogP contribution in [-0.2, 0) is 0 Å². The molecule has 1 aliphatic rings. The standard InChI is InChI=1S/C26H28O3/c1-16-11-19(5-9-25(16)28)22-13-21(18-3-7-24(27)8-4-18)14-23(15-22)20-6-10-26(29)17(2)12-20/h3-12,21-23,27-29H,13-15H2,1-2H3. The summed E-state index contributed by atoms with van der Waals surface area (Å²) in [6.45, 7) is 3.89. The molecule has 0 saturated heterocycles. The van der Waals surface area contributed by atoms with Gasteiger partial charge in [-0.2, -0.15) is 0 Å². The SMILES string of the molecule is Cc1cc(C2CC(c3ccc(O)cc3)CC(c3ccc(O)c(C)c3)C2)ccc1O. The van der Waals surface area contributed by atoms with Crippen molar-refractivity contribution in [2.75, 3.05) is 0 Å². The van der Waals surface area contributed by atoms with E-state index in [1.807, 2.05) is 38.1 Å². The van der Waals surface area contributed by atoms with E-state index in [4.69, 9.17) is 0 Å². The fourth-order valence-electron chi connectivity index (χ4n) is 4.75. The van der Waals surface area contributed by atoms with Crippen molar-refractivity contribution in [3.63, 3.8) is 0 Å². The molecule has 4 rings (SSSR count). The molecule has 29 heavy (non-hydrogen) atoms. The molecule has 3 heteroatoms. The van der Waals surface area contributed by atoms with Crippen LogP contribution in [0.15, 0.2) is 60.7 Å². The molecule has 2 unspecified atom stereocenters. The number of phenols is 3. The van der Waals surface area contributed by atoms with Crippen LogP contribution in [0, 0.1) is 13.8 Å². The summed E-state index contributed by atoms with van der Waals surface area (Å²) in [5.41, 5.74) is 5.61. The van der Waals surface area contributed by atoms with Gasteiger partial charge >= 0.3 is 0 Å². The molecule has 150 valence electrons. The summed E-state index contributed by atoms with van der Waals surface area (Å²) in [6, 6.07) is 19.5. The molecule has 0 radical (unpaired) electrons. The number of hydrogen-bond donors (Lipinski definition) is 3. The van der Waals surface area contributed by atoms with Crippen LogP contribution < -0.4 is 0 Å². The van der Waals surface area contributed by atoms with Gasteiger partial charge in [0.15, 0.2) is 0 Å². The third-order valence-corrected chi connectivity index (χ3v) is 6.46.